The number of nitrogens with one attached hydrogen (secondary N) is 1. The second-order valence-corrected chi connectivity index (χ2v) is 4.54. The highest BCUT2D eigenvalue weighted by Crippen LogP contribution is 2.21. The van der Waals surface area contributed by atoms with Crippen molar-refractivity contribution in [2.45, 2.75) is 0 Å². The van der Waals surface area contributed by atoms with Gasteiger partial charge in [0.05, 0.1) is 15.8 Å². The van der Waals surface area contributed by atoms with Crippen molar-refractivity contribution < 1.29 is 24.5 Å². The van der Waals surface area contributed by atoms with Crippen LogP contribution in [0.1, 0.15) is 20.7 Å². The lowest BCUT2D eigenvalue weighted by Gasteiger charge is -2.10. The zero-order chi connectivity index (χ0) is 17.9. The molecule has 0 atom stereocenters. The van der Waals surface area contributed by atoms with E-state index in [2.05, 4.69) is 5.32 Å². The van der Waals surface area contributed by atoms with E-state index in [9.17, 15) is 34.9 Å². The average molecular weight is 330 g/mol. The number of carboxylic acid groups (broad SMARTS) is 1. The lowest BCUT2D eigenvalue weighted by molar-refractivity contribution is -0.385. The normalized spacial score (nSPS) is 10.0. The van der Waals surface area contributed by atoms with E-state index in [-0.39, 0.29) is 16.9 Å². The SMILES string of the molecule is O=C([O-])c1cc([N+](=O)[O-])ccc1C(=O)Nc1cccc([N+](=O)[O-])c1. The third kappa shape index (κ3) is 3.50. The van der Waals surface area contributed by atoms with Crippen LogP contribution in [-0.2, 0) is 0 Å². The molecule has 2 aromatic rings. The summed E-state index contributed by atoms with van der Waals surface area (Å²) in [4.78, 5) is 43.2. The maximum Gasteiger partial charge on any atom is 0.271 e. The number of carbonyl (C=O) groups excluding carboxylic acids is 2. The van der Waals surface area contributed by atoms with Crippen LogP contribution in [-0.4, -0.2) is 21.7 Å². The second kappa shape index (κ2) is 6.52. The number of carbonyl (C=O) groups is 2. The van der Waals surface area contributed by atoms with Gasteiger partial charge in [-0.05, 0) is 12.1 Å². The summed E-state index contributed by atoms with van der Waals surface area (Å²) in [6, 6.07) is 7.65. The van der Waals surface area contributed by atoms with Gasteiger partial charge in [0.25, 0.3) is 17.3 Å². The molecule has 1 amide bonds. The minimum absolute atomic E-state index is 0.0665. The molecule has 2 rings (SSSR count). The summed E-state index contributed by atoms with van der Waals surface area (Å²) in [6.45, 7) is 0. The molecule has 0 aliphatic carbocycles. The summed E-state index contributed by atoms with van der Waals surface area (Å²) < 4.78 is 0. The Morgan fingerprint density at radius 2 is 1.50 bits per heavy atom. The van der Waals surface area contributed by atoms with Crippen LogP contribution in [0, 0.1) is 20.2 Å². The van der Waals surface area contributed by atoms with E-state index in [1.54, 1.807) is 0 Å². The van der Waals surface area contributed by atoms with E-state index in [4.69, 9.17) is 0 Å². The summed E-state index contributed by atoms with van der Waals surface area (Å²) in [6.07, 6.45) is 0. The Morgan fingerprint density at radius 1 is 0.875 bits per heavy atom. The number of nitro benzene ring substituents is 2. The van der Waals surface area contributed by atoms with Crippen molar-refractivity contribution in [1.82, 2.24) is 0 Å². The molecular weight excluding hydrogens is 322 g/mol. The molecule has 24 heavy (non-hydrogen) atoms. The van der Waals surface area contributed by atoms with Gasteiger partial charge in [-0.2, -0.15) is 0 Å². The standard InChI is InChI=1S/C14H9N3O7/c18-13(15-8-2-1-3-9(6-8)16(21)22)11-5-4-10(17(23)24)7-12(11)14(19)20/h1-7H,(H,15,18)(H,19,20)/p-1. The summed E-state index contributed by atoms with van der Waals surface area (Å²) in [5.74, 6) is -2.66. The molecule has 122 valence electrons. The molecule has 10 heteroatoms. The quantitative estimate of drug-likeness (QED) is 0.635. The Bertz CT molecular complexity index is 863. The van der Waals surface area contributed by atoms with Crippen LogP contribution < -0.4 is 10.4 Å². The van der Waals surface area contributed by atoms with Gasteiger partial charge in [-0.3, -0.25) is 25.0 Å². The van der Waals surface area contributed by atoms with Gasteiger partial charge >= 0.3 is 0 Å². The summed E-state index contributed by atoms with van der Waals surface area (Å²) in [7, 11) is 0. The van der Waals surface area contributed by atoms with Crippen LogP contribution in [0.5, 0.6) is 0 Å². The van der Waals surface area contributed by atoms with E-state index >= 15 is 0 Å². The first-order chi connectivity index (χ1) is 11.3. The molecule has 1 N–H and O–H groups in total. The third-order valence-corrected chi connectivity index (χ3v) is 2.99. The van der Waals surface area contributed by atoms with E-state index < -0.39 is 33.0 Å². The molecule has 0 aliphatic rings. The van der Waals surface area contributed by atoms with Crippen molar-refractivity contribution in [3.05, 3.63) is 73.8 Å². The molecule has 0 aromatic heterocycles. The molecular formula is C14H8N3O7-. The first-order valence-electron chi connectivity index (χ1n) is 6.35. The van der Waals surface area contributed by atoms with Crippen molar-refractivity contribution in [2.24, 2.45) is 0 Å². The van der Waals surface area contributed by atoms with E-state index in [0.717, 1.165) is 18.2 Å². The minimum Gasteiger partial charge on any atom is -0.545 e. The number of carboxylic acids is 1. The highest BCUT2D eigenvalue weighted by atomic mass is 16.6. The number of rotatable bonds is 5. The second-order valence-electron chi connectivity index (χ2n) is 4.54. The lowest BCUT2D eigenvalue weighted by atomic mass is 10.1. The number of hydrogen-bond donors (Lipinski definition) is 1. The van der Waals surface area contributed by atoms with Crippen LogP contribution >= 0.6 is 0 Å². The highest BCUT2D eigenvalue weighted by molar-refractivity contribution is 6.10. The van der Waals surface area contributed by atoms with Gasteiger partial charge in [-0.15, -0.1) is 0 Å². The zero-order valence-corrected chi connectivity index (χ0v) is 11.8. The van der Waals surface area contributed by atoms with Gasteiger partial charge in [-0.1, -0.05) is 6.07 Å². The predicted octanol–water partition coefficient (Wildman–Crippen LogP) is 1.12. The van der Waals surface area contributed by atoms with Crippen molar-refractivity contribution in [1.29, 1.82) is 0 Å². The number of amides is 1. The molecule has 0 saturated heterocycles. The van der Waals surface area contributed by atoms with Gasteiger partial charge < -0.3 is 15.2 Å². The zero-order valence-electron chi connectivity index (χ0n) is 11.8. The summed E-state index contributed by atoms with van der Waals surface area (Å²) in [5.41, 5.74) is -1.74. The van der Waals surface area contributed by atoms with Crippen LogP contribution in [0.15, 0.2) is 42.5 Å². The number of benzene rings is 2. The summed E-state index contributed by atoms with van der Waals surface area (Å²) >= 11 is 0. The van der Waals surface area contributed by atoms with Crippen molar-refractivity contribution in [3.63, 3.8) is 0 Å². The monoisotopic (exact) mass is 330 g/mol. The van der Waals surface area contributed by atoms with Crippen molar-refractivity contribution in [2.75, 3.05) is 5.32 Å². The Balaban J connectivity index is 2.36. The first kappa shape index (κ1) is 16.5. The molecule has 0 radical (unpaired) electrons. The van der Waals surface area contributed by atoms with Gasteiger partial charge in [0.15, 0.2) is 0 Å². The molecule has 10 nitrogen and oxygen atoms in total. The molecule has 0 saturated carbocycles. The maximum absolute atomic E-state index is 12.2. The number of aromatic carboxylic acids is 1. The topological polar surface area (TPSA) is 156 Å². The van der Waals surface area contributed by atoms with E-state index in [1.165, 1.54) is 18.2 Å². The van der Waals surface area contributed by atoms with E-state index in [0.29, 0.717) is 6.07 Å². The Hall–Kier alpha value is -3.82. The Labute approximate surface area is 133 Å². The number of hydrogen-bond acceptors (Lipinski definition) is 7. The van der Waals surface area contributed by atoms with E-state index in [1.807, 2.05) is 0 Å². The predicted molar refractivity (Wildman–Crippen MR) is 78.5 cm³/mol. The Morgan fingerprint density at radius 3 is 2.08 bits per heavy atom. The maximum atomic E-state index is 12.2. The van der Waals surface area contributed by atoms with Crippen LogP contribution in [0.4, 0.5) is 17.1 Å². The smallest absolute Gasteiger partial charge is 0.271 e. The number of nitrogens with zero attached hydrogens (tertiary/aromatic N) is 2. The molecule has 0 fully saturated rings. The average Bonchev–Trinajstić information content (AvgIpc) is 2.54. The third-order valence-electron chi connectivity index (χ3n) is 2.99. The van der Waals surface area contributed by atoms with Crippen LogP contribution in [0.2, 0.25) is 0 Å². The molecule has 0 heterocycles. The van der Waals surface area contributed by atoms with Crippen molar-refractivity contribution in [3.8, 4) is 0 Å². The molecule has 0 unspecified atom stereocenters. The van der Waals surface area contributed by atoms with Gasteiger partial charge in [0.2, 0.25) is 0 Å². The fraction of sp³-hybridized carbons (Fsp3) is 0. The fourth-order valence-corrected chi connectivity index (χ4v) is 1.91. The molecule has 0 aliphatic heterocycles. The number of non-ortho nitro benzene ring substituents is 2. The highest BCUT2D eigenvalue weighted by Gasteiger charge is 2.17. The van der Waals surface area contributed by atoms with Crippen molar-refractivity contribution >= 4 is 28.9 Å². The van der Waals surface area contributed by atoms with Gasteiger partial charge in [0.1, 0.15) is 0 Å². The van der Waals surface area contributed by atoms with Crippen LogP contribution in [0.25, 0.3) is 0 Å². The lowest BCUT2D eigenvalue weighted by Crippen LogP contribution is -2.26. The first-order valence-corrected chi connectivity index (χ1v) is 6.35. The number of nitro groups is 2. The van der Waals surface area contributed by atoms with Gasteiger partial charge in [0, 0.05) is 41.1 Å². The molecule has 0 spiro atoms. The minimum atomic E-state index is -1.76. The largest absolute Gasteiger partial charge is 0.545 e. The molecule has 0 bridgehead atoms. The Kier molecular flexibility index (Phi) is 4.50. The summed E-state index contributed by atoms with van der Waals surface area (Å²) in [5, 5.41) is 34.8. The van der Waals surface area contributed by atoms with Crippen LogP contribution in [0.3, 0.4) is 0 Å². The fourth-order valence-electron chi connectivity index (χ4n) is 1.91. The van der Waals surface area contributed by atoms with Gasteiger partial charge in [-0.25, -0.2) is 0 Å². The number of anilines is 1. The molecule has 2 aromatic carbocycles.